The van der Waals surface area contributed by atoms with Crippen LogP contribution in [0.1, 0.15) is 12.8 Å². The summed E-state index contributed by atoms with van der Waals surface area (Å²) < 4.78 is 15.2. The van der Waals surface area contributed by atoms with Gasteiger partial charge in [-0.1, -0.05) is 12.1 Å². The maximum absolute atomic E-state index is 13.2. The number of nitrogens with two attached hydrogens (primary N) is 1. The lowest BCUT2D eigenvalue weighted by Crippen LogP contribution is -2.28. The largest absolute Gasteiger partial charge is 0.329 e. The molecule has 1 aromatic heterocycles. The van der Waals surface area contributed by atoms with Gasteiger partial charge < -0.3 is 10.3 Å². The second-order valence-corrected chi connectivity index (χ2v) is 4.94. The fourth-order valence-electron chi connectivity index (χ4n) is 2.25. The van der Waals surface area contributed by atoms with Crippen LogP contribution in [0.2, 0.25) is 0 Å². The fourth-order valence-corrected chi connectivity index (χ4v) is 2.25. The van der Waals surface area contributed by atoms with Crippen LogP contribution in [-0.4, -0.2) is 15.6 Å². The SMILES string of the molecule is NC(Cn1cncc1-c1cccc(F)c1)C1CC1. The number of halogens is 1. The minimum Gasteiger partial charge on any atom is -0.329 e. The third-order valence-electron chi connectivity index (χ3n) is 3.47. The molecule has 1 aliphatic rings. The first-order valence-electron chi connectivity index (χ1n) is 6.25. The van der Waals surface area contributed by atoms with Gasteiger partial charge in [-0.2, -0.15) is 0 Å². The molecule has 1 heterocycles. The number of hydrogen-bond donors (Lipinski definition) is 1. The monoisotopic (exact) mass is 245 g/mol. The van der Waals surface area contributed by atoms with Crippen molar-refractivity contribution in [3.05, 3.63) is 42.6 Å². The van der Waals surface area contributed by atoms with Crippen LogP contribution in [0.5, 0.6) is 0 Å². The Kier molecular flexibility index (Phi) is 2.88. The number of aromatic nitrogens is 2. The topological polar surface area (TPSA) is 43.8 Å². The lowest BCUT2D eigenvalue weighted by molar-refractivity contribution is 0.505. The van der Waals surface area contributed by atoms with E-state index in [-0.39, 0.29) is 11.9 Å². The van der Waals surface area contributed by atoms with Gasteiger partial charge in [-0.15, -0.1) is 0 Å². The number of hydrogen-bond acceptors (Lipinski definition) is 2. The molecule has 3 rings (SSSR count). The molecule has 0 radical (unpaired) electrons. The molecule has 0 spiro atoms. The molecular weight excluding hydrogens is 229 g/mol. The van der Waals surface area contributed by atoms with Crippen molar-refractivity contribution in [2.45, 2.75) is 25.4 Å². The molecule has 18 heavy (non-hydrogen) atoms. The van der Waals surface area contributed by atoms with Gasteiger partial charge >= 0.3 is 0 Å². The van der Waals surface area contributed by atoms with Crippen molar-refractivity contribution in [1.82, 2.24) is 9.55 Å². The Morgan fingerprint density at radius 3 is 3.00 bits per heavy atom. The van der Waals surface area contributed by atoms with Crippen molar-refractivity contribution >= 4 is 0 Å². The average Bonchev–Trinajstić information content (AvgIpc) is 3.11. The minimum atomic E-state index is -0.230. The van der Waals surface area contributed by atoms with Crippen molar-refractivity contribution in [1.29, 1.82) is 0 Å². The highest BCUT2D eigenvalue weighted by Crippen LogP contribution is 2.32. The lowest BCUT2D eigenvalue weighted by Gasteiger charge is -2.14. The molecule has 2 aromatic rings. The van der Waals surface area contributed by atoms with Crippen LogP contribution >= 0.6 is 0 Å². The van der Waals surface area contributed by atoms with Crippen molar-refractivity contribution < 1.29 is 4.39 Å². The average molecular weight is 245 g/mol. The normalized spacial score (nSPS) is 16.8. The fraction of sp³-hybridized carbons (Fsp3) is 0.357. The first kappa shape index (κ1) is 11.4. The molecule has 1 saturated carbocycles. The Morgan fingerprint density at radius 2 is 2.28 bits per heavy atom. The van der Waals surface area contributed by atoms with Crippen LogP contribution in [0.3, 0.4) is 0 Å². The summed E-state index contributed by atoms with van der Waals surface area (Å²) in [5.74, 6) is 0.416. The summed E-state index contributed by atoms with van der Waals surface area (Å²) in [6.07, 6.45) is 5.98. The Labute approximate surface area is 105 Å². The van der Waals surface area contributed by atoms with Gasteiger partial charge in [-0.25, -0.2) is 9.37 Å². The van der Waals surface area contributed by atoms with E-state index in [1.165, 1.54) is 25.0 Å². The van der Waals surface area contributed by atoms with E-state index in [1.54, 1.807) is 18.6 Å². The van der Waals surface area contributed by atoms with Gasteiger partial charge in [-0.3, -0.25) is 0 Å². The molecule has 1 unspecified atom stereocenters. The number of nitrogens with zero attached hydrogens (tertiary/aromatic N) is 2. The molecule has 94 valence electrons. The van der Waals surface area contributed by atoms with Crippen LogP contribution in [-0.2, 0) is 6.54 Å². The summed E-state index contributed by atoms with van der Waals surface area (Å²) in [6, 6.07) is 6.74. The minimum absolute atomic E-state index is 0.173. The predicted molar refractivity (Wildman–Crippen MR) is 68.3 cm³/mol. The van der Waals surface area contributed by atoms with Gasteiger partial charge in [0.25, 0.3) is 0 Å². The molecular formula is C14H16FN3. The molecule has 2 N–H and O–H groups in total. The van der Waals surface area contributed by atoms with Crippen LogP contribution < -0.4 is 5.73 Å². The van der Waals surface area contributed by atoms with Crippen LogP contribution in [0.15, 0.2) is 36.8 Å². The van der Waals surface area contributed by atoms with Gasteiger partial charge in [0.15, 0.2) is 0 Å². The summed E-state index contributed by atoms with van der Waals surface area (Å²) in [6.45, 7) is 0.747. The van der Waals surface area contributed by atoms with E-state index >= 15 is 0 Å². The third-order valence-corrected chi connectivity index (χ3v) is 3.47. The second kappa shape index (κ2) is 4.53. The van der Waals surface area contributed by atoms with Crippen LogP contribution in [0.25, 0.3) is 11.3 Å². The van der Waals surface area contributed by atoms with Gasteiger partial charge in [-0.05, 0) is 30.9 Å². The highest BCUT2D eigenvalue weighted by molar-refractivity contribution is 5.58. The molecule has 0 amide bonds. The maximum Gasteiger partial charge on any atom is 0.123 e. The Bertz CT molecular complexity index is 545. The van der Waals surface area contributed by atoms with Crippen molar-refractivity contribution in [2.75, 3.05) is 0 Å². The summed E-state index contributed by atoms with van der Waals surface area (Å²) in [5, 5.41) is 0. The second-order valence-electron chi connectivity index (χ2n) is 4.94. The quantitative estimate of drug-likeness (QED) is 0.899. The molecule has 0 aliphatic heterocycles. The van der Waals surface area contributed by atoms with Gasteiger partial charge in [0.1, 0.15) is 5.82 Å². The summed E-state index contributed by atoms with van der Waals surface area (Å²) in [7, 11) is 0. The zero-order valence-electron chi connectivity index (χ0n) is 10.1. The van der Waals surface area contributed by atoms with Crippen molar-refractivity contribution in [3.63, 3.8) is 0 Å². The first-order valence-corrected chi connectivity index (χ1v) is 6.25. The van der Waals surface area contributed by atoms with E-state index in [0.717, 1.165) is 17.8 Å². The van der Waals surface area contributed by atoms with Gasteiger partial charge in [0.05, 0.1) is 18.2 Å². The number of rotatable bonds is 4. The Balaban J connectivity index is 1.86. The molecule has 1 fully saturated rings. The highest BCUT2D eigenvalue weighted by Gasteiger charge is 2.28. The Hall–Kier alpha value is -1.68. The van der Waals surface area contributed by atoms with Crippen LogP contribution in [0.4, 0.5) is 4.39 Å². The van der Waals surface area contributed by atoms with Crippen LogP contribution in [0, 0.1) is 11.7 Å². The summed E-state index contributed by atoms with van der Waals surface area (Å²) in [5.41, 5.74) is 7.89. The molecule has 0 bridgehead atoms. The van der Waals surface area contributed by atoms with E-state index in [9.17, 15) is 4.39 Å². The zero-order chi connectivity index (χ0) is 12.5. The van der Waals surface area contributed by atoms with E-state index in [1.807, 2.05) is 10.6 Å². The molecule has 4 heteroatoms. The predicted octanol–water partition coefficient (Wildman–Crippen LogP) is 2.43. The van der Waals surface area contributed by atoms with Gasteiger partial charge in [0, 0.05) is 18.2 Å². The molecule has 1 atom stereocenters. The van der Waals surface area contributed by atoms with Crippen molar-refractivity contribution in [3.8, 4) is 11.3 Å². The maximum atomic E-state index is 13.2. The first-order chi connectivity index (χ1) is 8.74. The number of imidazole rings is 1. The summed E-state index contributed by atoms with van der Waals surface area (Å²) in [4.78, 5) is 4.15. The highest BCUT2D eigenvalue weighted by atomic mass is 19.1. The molecule has 0 saturated heterocycles. The van der Waals surface area contributed by atoms with Gasteiger partial charge in [0.2, 0.25) is 0 Å². The third kappa shape index (κ3) is 2.29. The smallest absolute Gasteiger partial charge is 0.123 e. The van der Waals surface area contributed by atoms with Crippen molar-refractivity contribution in [2.24, 2.45) is 11.7 Å². The van der Waals surface area contributed by atoms with E-state index in [0.29, 0.717) is 5.92 Å². The van der Waals surface area contributed by atoms with E-state index < -0.39 is 0 Å². The molecule has 3 nitrogen and oxygen atoms in total. The molecule has 1 aliphatic carbocycles. The zero-order valence-corrected chi connectivity index (χ0v) is 10.1. The standard InChI is InChI=1S/C14H16FN3/c15-12-3-1-2-11(6-12)14-7-17-9-18(14)8-13(16)10-4-5-10/h1-3,6-7,9-10,13H,4-5,8,16H2. The lowest BCUT2D eigenvalue weighted by atomic mass is 10.1. The Morgan fingerprint density at radius 1 is 1.44 bits per heavy atom. The summed E-state index contributed by atoms with van der Waals surface area (Å²) >= 11 is 0. The van der Waals surface area contributed by atoms with E-state index in [2.05, 4.69) is 4.98 Å². The number of benzene rings is 1. The van der Waals surface area contributed by atoms with E-state index in [4.69, 9.17) is 5.73 Å². The molecule has 1 aromatic carbocycles.